The van der Waals surface area contributed by atoms with Gasteiger partial charge in [0.1, 0.15) is 22.9 Å². The van der Waals surface area contributed by atoms with Crippen molar-refractivity contribution >= 4 is 23.7 Å². The second kappa shape index (κ2) is 17.5. The molecule has 0 heterocycles. The summed E-state index contributed by atoms with van der Waals surface area (Å²) in [5.74, 6) is -1.08. The van der Waals surface area contributed by atoms with Crippen molar-refractivity contribution < 1.29 is 33.4 Å². The van der Waals surface area contributed by atoms with Gasteiger partial charge in [-0.15, -0.1) is 0 Å². The van der Waals surface area contributed by atoms with E-state index in [1.165, 1.54) is 13.8 Å². The maximum absolute atomic E-state index is 13.2. The van der Waals surface area contributed by atoms with Gasteiger partial charge in [0, 0.05) is 13.3 Å². The van der Waals surface area contributed by atoms with E-state index in [9.17, 15) is 19.2 Å². The predicted octanol–water partition coefficient (Wildman–Crippen LogP) is 6.49. The zero-order valence-corrected chi connectivity index (χ0v) is 23.3. The first kappa shape index (κ1) is 33.1. The van der Waals surface area contributed by atoms with Gasteiger partial charge in [-0.05, 0) is 73.1 Å². The molecule has 7 nitrogen and oxygen atoms in total. The third-order valence-corrected chi connectivity index (χ3v) is 6.10. The molecule has 0 aromatic rings. The normalized spacial score (nSPS) is 14.0. The van der Waals surface area contributed by atoms with Gasteiger partial charge in [0.2, 0.25) is 0 Å². The van der Waals surface area contributed by atoms with Crippen molar-refractivity contribution in [2.75, 3.05) is 6.61 Å². The van der Waals surface area contributed by atoms with Crippen LogP contribution >= 0.6 is 0 Å². The highest BCUT2D eigenvalue weighted by molar-refractivity contribution is 6.02. The van der Waals surface area contributed by atoms with Crippen LogP contribution in [0.3, 0.4) is 0 Å². The Morgan fingerprint density at radius 1 is 0.771 bits per heavy atom. The largest absolute Gasteiger partial charge is 0.466 e. The van der Waals surface area contributed by atoms with Gasteiger partial charge in [-0.1, -0.05) is 45.4 Å². The monoisotopic (exact) mass is 498 g/mol. The molecular weight excluding hydrogens is 448 g/mol. The molecule has 0 aliphatic rings. The van der Waals surface area contributed by atoms with Gasteiger partial charge in [-0.2, -0.15) is 0 Å². The molecule has 0 aliphatic carbocycles. The second-order valence-corrected chi connectivity index (χ2v) is 10.5. The van der Waals surface area contributed by atoms with Crippen LogP contribution in [0.1, 0.15) is 132 Å². The molecule has 0 aromatic heterocycles. The topological polar surface area (TPSA) is 96.0 Å². The molecule has 0 fully saturated rings. The number of carbonyl (C=O) groups is 4. The summed E-state index contributed by atoms with van der Waals surface area (Å²) in [6.45, 7) is 12.6. The Hall–Kier alpha value is -1.92. The molecule has 0 N–H and O–H groups in total. The molecule has 7 heteroatoms. The lowest BCUT2D eigenvalue weighted by atomic mass is 9.74. The Balaban J connectivity index is 5.10. The minimum Gasteiger partial charge on any atom is -0.466 e. The van der Waals surface area contributed by atoms with E-state index in [2.05, 4.69) is 6.92 Å². The number of ketones is 1. The highest BCUT2D eigenvalue weighted by atomic mass is 16.6. The van der Waals surface area contributed by atoms with Crippen molar-refractivity contribution in [2.24, 2.45) is 5.41 Å². The second-order valence-electron chi connectivity index (χ2n) is 10.5. The zero-order chi connectivity index (χ0) is 26.9. The van der Waals surface area contributed by atoms with Gasteiger partial charge in [0.05, 0.1) is 6.61 Å². The van der Waals surface area contributed by atoms with Gasteiger partial charge < -0.3 is 14.2 Å². The lowest BCUT2D eigenvalue weighted by Crippen LogP contribution is -2.43. The number of unbranched alkanes of at least 4 members (excludes halogenated alkanes) is 5. The first-order chi connectivity index (χ1) is 16.4. The summed E-state index contributed by atoms with van der Waals surface area (Å²) in [6.07, 6.45) is 9.20. The number of rotatable bonds is 19. The molecule has 0 radical (unpaired) electrons. The van der Waals surface area contributed by atoms with Crippen LogP contribution in [-0.4, -0.2) is 42.0 Å². The Labute approximate surface area is 213 Å². The predicted molar refractivity (Wildman–Crippen MR) is 137 cm³/mol. The molecule has 0 bridgehead atoms. The SMILES string of the molecule is CCCCC(CCCCC(CCCCCCC(=O)OCC)(C(C)=O)C(=O)OC(C)(C)C)OC(C)=O. The Morgan fingerprint density at radius 2 is 1.34 bits per heavy atom. The minimum atomic E-state index is -1.17. The van der Waals surface area contributed by atoms with Crippen LogP contribution in [0, 0.1) is 5.41 Å². The van der Waals surface area contributed by atoms with Crippen LogP contribution in [-0.2, 0) is 33.4 Å². The molecule has 2 unspecified atom stereocenters. The summed E-state index contributed by atoms with van der Waals surface area (Å²) >= 11 is 0. The first-order valence-electron chi connectivity index (χ1n) is 13.4. The van der Waals surface area contributed by atoms with Gasteiger partial charge in [-0.3, -0.25) is 19.2 Å². The lowest BCUT2D eigenvalue weighted by molar-refractivity contribution is -0.171. The van der Waals surface area contributed by atoms with E-state index in [-0.39, 0.29) is 23.8 Å². The number of hydrogen-bond acceptors (Lipinski definition) is 7. The molecule has 0 rings (SSSR count). The molecular formula is C28H50O7. The molecule has 0 saturated heterocycles. The van der Waals surface area contributed by atoms with E-state index in [0.29, 0.717) is 38.7 Å². The van der Waals surface area contributed by atoms with Crippen molar-refractivity contribution in [1.29, 1.82) is 0 Å². The summed E-state index contributed by atoms with van der Waals surface area (Å²) in [6, 6.07) is 0. The molecule has 0 saturated carbocycles. The summed E-state index contributed by atoms with van der Waals surface area (Å²) in [5, 5.41) is 0. The van der Waals surface area contributed by atoms with Crippen LogP contribution < -0.4 is 0 Å². The van der Waals surface area contributed by atoms with Crippen molar-refractivity contribution in [3.8, 4) is 0 Å². The van der Waals surface area contributed by atoms with Crippen molar-refractivity contribution in [1.82, 2.24) is 0 Å². The molecule has 0 spiro atoms. The van der Waals surface area contributed by atoms with Crippen LogP contribution in [0.25, 0.3) is 0 Å². The van der Waals surface area contributed by atoms with E-state index in [1.54, 1.807) is 6.92 Å². The highest BCUT2D eigenvalue weighted by Crippen LogP contribution is 2.36. The fourth-order valence-corrected chi connectivity index (χ4v) is 4.21. The van der Waals surface area contributed by atoms with Gasteiger partial charge in [-0.25, -0.2) is 0 Å². The van der Waals surface area contributed by atoms with Crippen molar-refractivity contribution in [3.63, 3.8) is 0 Å². The third kappa shape index (κ3) is 14.9. The summed E-state index contributed by atoms with van der Waals surface area (Å²) < 4.78 is 16.1. The van der Waals surface area contributed by atoms with E-state index >= 15 is 0 Å². The average Bonchev–Trinajstić information content (AvgIpc) is 2.73. The molecule has 35 heavy (non-hydrogen) atoms. The Kier molecular flexibility index (Phi) is 16.5. The first-order valence-corrected chi connectivity index (χ1v) is 13.4. The van der Waals surface area contributed by atoms with E-state index in [0.717, 1.165) is 51.4 Å². The lowest BCUT2D eigenvalue weighted by Gasteiger charge is -2.33. The third-order valence-electron chi connectivity index (χ3n) is 6.10. The smallest absolute Gasteiger partial charge is 0.320 e. The van der Waals surface area contributed by atoms with Gasteiger partial charge >= 0.3 is 17.9 Å². The number of ether oxygens (including phenoxy) is 3. The fraction of sp³-hybridized carbons (Fsp3) is 0.857. The Bertz CT molecular complexity index is 650. The summed E-state index contributed by atoms with van der Waals surface area (Å²) in [5.41, 5.74) is -1.85. The maximum atomic E-state index is 13.2. The van der Waals surface area contributed by atoms with E-state index in [4.69, 9.17) is 14.2 Å². The number of hydrogen-bond donors (Lipinski definition) is 0. The minimum absolute atomic E-state index is 0.125. The van der Waals surface area contributed by atoms with Crippen molar-refractivity contribution in [2.45, 2.75) is 144 Å². The van der Waals surface area contributed by atoms with Crippen LogP contribution in [0.15, 0.2) is 0 Å². The van der Waals surface area contributed by atoms with E-state index in [1.807, 2.05) is 20.8 Å². The fourth-order valence-electron chi connectivity index (χ4n) is 4.21. The van der Waals surface area contributed by atoms with Crippen LogP contribution in [0.5, 0.6) is 0 Å². The molecule has 2 atom stereocenters. The summed E-state index contributed by atoms with van der Waals surface area (Å²) in [4.78, 5) is 49.0. The van der Waals surface area contributed by atoms with Gasteiger partial charge in [0.15, 0.2) is 0 Å². The van der Waals surface area contributed by atoms with Crippen molar-refractivity contribution in [3.05, 3.63) is 0 Å². The van der Waals surface area contributed by atoms with Crippen LogP contribution in [0.4, 0.5) is 0 Å². The summed E-state index contributed by atoms with van der Waals surface area (Å²) in [7, 11) is 0. The number of esters is 3. The zero-order valence-electron chi connectivity index (χ0n) is 23.3. The molecule has 0 aliphatic heterocycles. The molecule has 0 aromatic carbocycles. The van der Waals surface area contributed by atoms with Gasteiger partial charge in [0.25, 0.3) is 0 Å². The molecule has 204 valence electrons. The van der Waals surface area contributed by atoms with E-state index < -0.39 is 17.0 Å². The number of carbonyl (C=O) groups excluding carboxylic acids is 4. The molecule has 0 amide bonds. The highest BCUT2D eigenvalue weighted by Gasteiger charge is 2.45. The van der Waals surface area contributed by atoms with Crippen LogP contribution in [0.2, 0.25) is 0 Å². The maximum Gasteiger partial charge on any atom is 0.320 e. The average molecular weight is 499 g/mol. The number of Topliss-reactive ketones (excluding diaryl/α,β-unsaturated/α-hetero) is 1. The Morgan fingerprint density at radius 3 is 1.86 bits per heavy atom. The standard InChI is InChI=1S/C28H50O7/c1-8-10-17-24(34-23(4)30)18-14-16-21-28(22(3)29,26(32)35-27(5,6)7)20-15-12-11-13-19-25(31)33-9-2/h24H,8-21H2,1-7H3. The quantitative estimate of drug-likeness (QED) is 0.0869.